The van der Waals surface area contributed by atoms with Crippen LogP contribution in [0.1, 0.15) is 41.3 Å². The zero-order chi connectivity index (χ0) is 26.4. The van der Waals surface area contributed by atoms with Crippen LogP contribution < -0.4 is 5.73 Å². The van der Waals surface area contributed by atoms with Crippen molar-refractivity contribution in [2.75, 3.05) is 6.54 Å². The van der Waals surface area contributed by atoms with Crippen molar-refractivity contribution in [2.24, 2.45) is 10.7 Å². The van der Waals surface area contributed by atoms with E-state index in [0.29, 0.717) is 35.4 Å². The van der Waals surface area contributed by atoms with Gasteiger partial charge in [0, 0.05) is 59.8 Å². The van der Waals surface area contributed by atoms with Crippen molar-refractivity contribution in [1.29, 1.82) is 0 Å². The third-order valence-electron chi connectivity index (χ3n) is 5.69. The Labute approximate surface area is 213 Å². The van der Waals surface area contributed by atoms with Crippen LogP contribution in [0, 0.1) is 10.1 Å². The van der Waals surface area contributed by atoms with Crippen molar-refractivity contribution in [3.8, 4) is 11.1 Å². The van der Waals surface area contributed by atoms with Crippen LogP contribution >= 0.6 is 0 Å². The highest BCUT2D eigenvalue weighted by Crippen LogP contribution is 2.32. The van der Waals surface area contributed by atoms with Crippen LogP contribution in [0.2, 0.25) is 0 Å². The Kier molecular flexibility index (Phi) is 7.80. The number of nitro benzene ring substituents is 1. The Hall–Kier alpha value is -4.70. The second-order valence-corrected chi connectivity index (χ2v) is 8.45. The van der Waals surface area contributed by atoms with Gasteiger partial charge >= 0.3 is 0 Å². The number of hydroxylamine groups is 2. The van der Waals surface area contributed by atoms with E-state index in [1.165, 1.54) is 23.4 Å². The molecule has 188 valence electrons. The summed E-state index contributed by atoms with van der Waals surface area (Å²) in [5.74, 6) is -0.0520. The molecule has 1 aromatic heterocycles. The number of hydrogen-bond acceptors (Lipinski definition) is 8. The molecule has 0 saturated heterocycles. The molecule has 1 amide bonds. The first-order valence-corrected chi connectivity index (χ1v) is 11.6. The minimum absolute atomic E-state index is 0.0156. The van der Waals surface area contributed by atoms with Gasteiger partial charge in [0.2, 0.25) is 0 Å². The largest absolute Gasteiger partial charge is 0.387 e. The summed E-state index contributed by atoms with van der Waals surface area (Å²) in [5.41, 5.74) is 10.6. The van der Waals surface area contributed by atoms with E-state index in [4.69, 9.17) is 10.6 Å². The van der Waals surface area contributed by atoms with Gasteiger partial charge in [0.15, 0.2) is 6.29 Å². The number of aliphatic imine (C=N–C) groups is 1. The first-order valence-electron chi connectivity index (χ1n) is 11.6. The number of amides is 1. The van der Waals surface area contributed by atoms with Gasteiger partial charge in [-0.15, -0.1) is 0 Å². The molecule has 0 unspecified atom stereocenters. The molecule has 4 rings (SSSR count). The summed E-state index contributed by atoms with van der Waals surface area (Å²) in [6.07, 6.45) is 6.45. The minimum Gasteiger partial charge on any atom is -0.387 e. The molecule has 2 aromatic carbocycles. The maximum absolute atomic E-state index is 13.4. The lowest BCUT2D eigenvalue weighted by Gasteiger charge is -2.22. The lowest BCUT2D eigenvalue weighted by atomic mass is 10.0. The van der Waals surface area contributed by atoms with Gasteiger partial charge in [-0.3, -0.25) is 29.5 Å². The predicted molar refractivity (Wildman–Crippen MR) is 139 cm³/mol. The van der Waals surface area contributed by atoms with E-state index in [2.05, 4.69) is 9.98 Å². The van der Waals surface area contributed by atoms with E-state index in [9.17, 15) is 19.7 Å². The number of nitro groups is 1. The number of nitrogens with two attached hydrogens (primary N) is 1. The number of fused-ring (bicyclic) bond motifs is 1. The number of pyridine rings is 1. The number of non-ortho nitro benzene ring substituents is 1. The Morgan fingerprint density at radius 1 is 1.16 bits per heavy atom. The number of aldehydes is 1. The zero-order valence-electron chi connectivity index (χ0n) is 20.2. The highest BCUT2D eigenvalue weighted by atomic mass is 16.7. The fraction of sp³-hybridized carbons (Fsp3) is 0.185. The molecule has 10 nitrogen and oxygen atoms in total. The highest BCUT2D eigenvalue weighted by Gasteiger charge is 2.22. The summed E-state index contributed by atoms with van der Waals surface area (Å²) < 4.78 is 0. The molecule has 3 aromatic rings. The first-order chi connectivity index (χ1) is 17.9. The molecule has 0 aliphatic carbocycles. The molecule has 10 heteroatoms. The minimum atomic E-state index is -0.470. The van der Waals surface area contributed by atoms with Crippen molar-refractivity contribution < 1.29 is 19.3 Å². The Balaban J connectivity index is 1.56. The van der Waals surface area contributed by atoms with E-state index in [1.807, 2.05) is 25.1 Å². The number of hydrogen-bond donors (Lipinski definition) is 1. The van der Waals surface area contributed by atoms with Crippen LogP contribution in [-0.4, -0.2) is 39.5 Å². The van der Waals surface area contributed by atoms with Crippen LogP contribution in [0.4, 0.5) is 11.4 Å². The lowest BCUT2D eigenvalue weighted by molar-refractivity contribution is -0.384. The second kappa shape index (κ2) is 11.4. The number of amidine groups is 1. The van der Waals surface area contributed by atoms with Gasteiger partial charge in [-0.05, 0) is 47.9 Å². The van der Waals surface area contributed by atoms with E-state index in [-0.39, 0.29) is 30.5 Å². The standard InChI is InChI=1S/C27H25N5O5/c1-2-9-31(37-17-18-3-7-24(8-4-18)32(35)36)27(34)22-11-21-6-5-20(12-25(21)30-26(28)13-22)23-10-19(16-33)14-29-15-23/h3-8,10-12,14-16H,2,9,13,17H2,1H3,(H2,28,30). The van der Waals surface area contributed by atoms with Crippen molar-refractivity contribution in [3.63, 3.8) is 0 Å². The van der Waals surface area contributed by atoms with Gasteiger partial charge in [-0.1, -0.05) is 19.1 Å². The van der Waals surface area contributed by atoms with Crippen LogP contribution in [0.25, 0.3) is 17.2 Å². The molecular weight excluding hydrogens is 474 g/mol. The van der Waals surface area contributed by atoms with Crippen molar-refractivity contribution in [2.45, 2.75) is 26.4 Å². The van der Waals surface area contributed by atoms with E-state index in [1.54, 1.807) is 30.5 Å². The molecule has 2 N–H and O–H groups in total. The van der Waals surface area contributed by atoms with E-state index < -0.39 is 4.92 Å². The van der Waals surface area contributed by atoms with Gasteiger partial charge in [-0.2, -0.15) is 0 Å². The Bertz CT molecular complexity index is 1400. The number of carbonyl (C=O) groups excluding carboxylic acids is 2. The lowest BCUT2D eigenvalue weighted by Crippen LogP contribution is -2.34. The fourth-order valence-corrected chi connectivity index (χ4v) is 3.84. The zero-order valence-corrected chi connectivity index (χ0v) is 20.2. The normalized spacial score (nSPS) is 12.6. The number of aromatic nitrogens is 1. The third-order valence-corrected chi connectivity index (χ3v) is 5.69. The predicted octanol–water partition coefficient (Wildman–Crippen LogP) is 4.62. The van der Waals surface area contributed by atoms with Crippen molar-refractivity contribution >= 4 is 35.5 Å². The average Bonchev–Trinajstić information content (AvgIpc) is 3.08. The maximum Gasteiger partial charge on any atom is 0.273 e. The summed E-state index contributed by atoms with van der Waals surface area (Å²) >= 11 is 0. The monoisotopic (exact) mass is 499 g/mol. The van der Waals surface area contributed by atoms with Gasteiger partial charge in [0.1, 0.15) is 12.4 Å². The Morgan fingerprint density at radius 3 is 2.65 bits per heavy atom. The topological polar surface area (TPSA) is 141 Å². The van der Waals surface area contributed by atoms with Crippen LogP contribution in [0.5, 0.6) is 0 Å². The van der Waals surface area contributed by atoms with E-state index in [0.717, 1.165) is 23.0 Å². The van der Waals surface area contributed by atoms with Crippen LogP contribution in [-0.2, 0) is 16.2 Å². The number of benzene rings is 2. The molecule has 0 bridgehead atoms. The summed E-state index contributed by atoms with van der Waals surface area (Å²) in [6, 6.07) is 13.3. The number of rotatable bonds is 9. The van der Waals surface area contributed by atoms with Crippen molar-refractivity contribution in [3.05, 3.63) is 93.3 Å². The SMILES string of the molecule is CCCN(OCc1ccc([N+](=O)[O-])cc1)C(=O)C1=Cc2ccc(-c3cncc(C=O)c3)cc2N=C(N)C1. The van der Waals surface area contributed by atoms with Crippen LogP contribution in [0.3, 0.4) is 0 Å². The molecule has 0 fully saturated rings. The average molecular weight is 500 g/mol. The molecule has 0 spiro atoms. The van der Waals surface area contributed by atoms with Gasteiger partial charge in [-0.25, -0.2) is 10.1 Å². The number of carbonyl (C=O) groups is 2. The second-order valence-electron chi connectivity index (χ2n) is 8.45. The first kappa shape index (κ1) is 25.4. The van der Waals surface area contributed by atoms with Crippen LogP contribution in [0.15, 0.2) is 71.5 Å². The summed E-state index contributed by atoms with van der Waals surface area (Å²) in [5, 5.41) is 12.2. The molecule has 0 radical (unpaired) electrons. The molecule has 0 atom stereocenters. The molecule has 1 aliphatic heterocycles. The Morgan fingerprint density at radius 2 is 1.95 bits per heavy atom. The highest BCUT2D eigenvalue weighted by molar-refractivity contribution is 6.05. The van der Waals surface area contributed by atoms with Crippen molar-refractivity contribution in [1.82, 2.24) is 10.0 Å². The maximum atomic E-state index is 13.4. The molecule has 2 heterocycles. The van der Waals surface area contributed by atoms with Gasteiger partial charge in [0.25, 0.3) is 11.6 Å². The molecule has 37 heavy (non-hydrogen) atoms. The molecule has 0 saturated carbocycles. The summed E-state index contributed by atoms with van der Waals surface area (Å²) in [7, 11) is 0. The summed E-state index contributed by atoms with van der Waals surface area (Å²) in [4.78, 5) is 49.3. The fourth-order valence-electron chi connectivity index (χ4n) is 3.84. The van der Waals surface area contributed by atoms with Gasteiger partial charge in [0.05, 0.1) is 10.6 Å². The third kappa shape index (κ3) is 6.11. The van der Waals surface area contributed by atoms with Gasteiger partial charge < -0.3 is 5.73 Å². The quantitative estimate of drug-likeness (QED) is 0.257. The summed E-state index contributed by atoms with van der Waals surface area (Å²) in [6.45, 7) is 2.36. The molecular formula is C27H25N5O5. The smallest absolute Gasteiger partial charge is 0.273 e. The number of nitrogens with zero attached hydrogens (tertiary/aromatic N) is 4. The molecule has 1 aliphatic rings. The van der Waals surface area contributed by atoms with E-state index >= 15 is 0 Å².